The fourth-order valence-electron chi connectivity index (χ4n) is 5.57. The number of nitrogens with zero attached hydrogens (tertiary/aromatic N) is 3. The third-order valence-corrected chi connectivity index (χ3v) is 7.65. The van der Waals surface area contributed by atoms with Gasteiger partial charge in [-0.05, 0) is 39.2 Å². The van der Waals surface area contributed by atoms with Crippen molar-refractivity contribution >= 4 is 35.5 Å². The maximum atomic E-state index is 14.0. The molecule has 0 saturated carbocycles. The minimum absolute atomic E-state index is 0.0486. The number of aliphatic hydroxyl groups excluding tert-OH is 1. The third-order valence-electron chi connectivity index (χ3n) is 7.65. The molecular weight excluding hydrogens is 546 g/mol. The molecule has 2 aliphatic heterocycles. The van der Waals surface area contributed by atoms with Crippen molar-refractivity contribution in [2.45, 2.75) is 104 Å². The second kappa shape index (κ2) is 14.7. The summed E-state index contributed by atoms with van der Waals surface area (Å²) in [7, 11) is 3.04. The van der Waals surface area contributed by atoms with E-state index in [-0.39, 0.29) is 18.9 Å². The van der Waals surface area contributed by atoms with E-state index in [1.54, 1.807) is 33.9 Å². The zero-order valence-electron chi connectivity index (χ0n) is 26.1. The predicted molar refractivity (Wildman–Crippen MR) is 153 cm³/mol. The van der Waals surface area contributed by atoms with E-state index in [1.165, 1.54) is 36.8 Å². The van der Waals surface area contributed by atoms with E-state index >= 15 is 0 Å². The number of imide groups is 1. The maximum absolute atomic E-state index is 14.0. The van der Waals surface area contributed by atoms with Gasteiger partial charge in [-0.1, -0.05) is 33.8 Å². The van der Waals surface area contributed by atoms with Crippen molar-refractivity contribution in [3.63, 3.8) is 0 Å². The summed E-state index contributed by atoms with van der Waals surface area (Å²) in [6, 6.07) is -4.59. The lowest BCUT2D eigenvalue weighted by atomic mass is 9.98. The molecule has 4 unspecified atom stereocenters. The second-order valence-corrected chi connectivity index (χ2v) is 12.0. The van der Waals surface area contributed by atoms with E-state index in [9.17, 15) is 33.9 Å². The molecule has 1 fully saturated rings. The number of likely N-dealkylation sites (N-methyl/N-ethyl adjacent to an activating group) is 2. The number of esters is 1. The molecule has 0 spiro atoms. The number of carbonyl (C=O) groups excluding carboxylic acids is 6. The van der Waals surface area contributed by atoms with E-state index < -0.39 is 83.8 Å². The highest BCUT2D eigenvalue weighted by molar-refractivity contribution is 6.06. The van der Waals surface area contributed by atoms with Gasteiger partial charge in [0, 0.05) is 33.0 Å². The fourth-order valence-corrected chi connectivity index (χ4v) is 5.57. The Hall–Kier alpha value is -3.32. The number of nitrogens with one attached hydrogen (secondary N) is 2. The zero-order chi connectivity index (χ0) is 32.0. The first-order chi connectivity index (χ1) is 19.5. The largest absolute Gasteiger partial charge is 0.460 e. The van der Waals surface area contributed by atoms with Crippen LogP contribution in [-0.4, -0.2) is 118 Å². The number of aliphatic hydroxyl groups is 1. The molecule has 236 valence electrons. The van der Waals surface area contributed by atoms with Gasteiger partial charge in [0.05, 0.1) is 18.2 Å². The van der Waals surface area contributed by atoms with Gasteiger partial charge in [-0.15, -0.1) is 0 Å². The topological polar surface area (TPSA) is 166 Å². The van der Waals surface area contributed by atoms with Gasteiger partial charge >= 0.3 is 5.97 Å². The Bertz CT molecular complexity index is 1080. The number of hydrogen-bond acceptors (Lipinski definition) is 9. The van der Waals surface area contributed by atoms with Crippen LogP contribution in [0, 0.1) is 11.8 Å². The number of β-amino-alcohol motifs (C(OH)–C–C–N with tert-alkyl or cyclic N) is 1. The minimum Gasteiger partial charge on any atom is -0.460 e. The monoisotopic (exact) mass is 593 g/mol. The first-order valence-corrected chi connectivity index (χ1v) is 14.5. The van der Waals surface area contributed by atoms with Crippen molar-refractivity contribution in [3.05, 3.63) is 12.2 Å². The normalized spacial score (nSPS) is 23.1. The van der Waals surface area contributed by atoms with Crippen LogP contribution >= 0.6 is 0 Å². The van der Waals surface area contributed by atoms with E-state index in [4.69, 9.17) is 4.74 Å². The molecule has 2 aliphatic rings. The van der Waals surface area contributed by atoms with Crippen LogP contribution in [0.15, 0.2) is 12.2 Å². The van der Waals surface area contributed by atoms with Gasteiger partial charge < -0.3 is 30.3 Å². The fraction of sp³-hybridized carbons (Fsp3) is 0.724. The Morgan fingerprint density at radius 3 is 2.24 bits per heavy atom. The van der Waals surface area contributed by atoms with Crippen LogP contribution in [0.5, 0.6) is 0 Å². The Kier molecular flexibility index (Phi) is 12.2. The van der Waals surface area contributed by atoms with Crippen LogP contribution in [0.4, 0.5) is 0 Å². The smallest absolute Gasteiger partial charge is 0.302 e. The number of amides is 5. The average Bonchev–Trinajstić information content (AvgIpc) is 3.45. The molecule has 7 atom stereocenters. The van der Waals surface area contributed by atoms with Gasteiger partial charge in [0.2, 0.25) is 17.7 Å². The average molecular weight is 594 g/mol. The van der Waals surface area contributed by atoms with Crippen molar-refractivity contribution in [2.24, 2.45) is 11.8 Å². The Morgan fingerprint density at radius 2 is 1.76 bits per heavy atom. The summed E-state index contributed by atoms with van der Waals surface area (Å²) in [5.74, 6) is -3.72. The summed E-state index contributed by atoms with van der Waals surface area (Å²) in [6.45, 7) is 11.6. The molecule has 0 aromatic heterocycles. The Labute approximate surface area is 248 Å². The molecule has 13 heteroatoms. The van der Waals surface area contributed by atoms with E-state index in [1.807, 2.05) is 13.8 Å². The zero-order valence-corrected chi connectivity index (χ0v) is 26.1. The van der Waals surface area contributed by atoms with Gasteiger partial charge in [-0.2, -0.15) is 0 Å². The number of rotatable bonds is 12. The molecule has 3 N–H and O–H groups in total. The van der Waals surface area contributed by atoms with Crippen LogP contribution in [0.3, 0.4) is 0 Å². The molecular formula is C29H47N5O8. The first kappa shape index (κ1) is 34.9. The first-order valence-electron chi connectivity index (χ1n) is 14.5. The Morgan fingerprint density at radius 1 is 1.14 bits per heavy atom. The lowest BCUT2D eigenvalue weighted by molar-refractivity contribution is -0.157. The molecule has 5 amide bonds. The molecule has 13 nitrogen and oxygen atoms in total. The molecule has 2 rings (SSSR count). The van der Waals surface area contributed by atoms with Gasteiger partial charge in [-0.3, -0.25) is 33.7 Å². The van der Waals surface area contributed by atoms with Crippen molar-refractivity contribution in [3.8, 4) is 0 Å². The van der Waals surface area contributed by atoms with Gasteiger partial charge in [0.15, 0.2) is 0 Å². The van der Waals surface area contributed by atoms with Gasteiger partial charge in [0.1, 0.15) is 24.2 Å². The number of ether oxygens (including phenoxy) is 1. The molecule has 2 heterocycles. The molecule has 1 saturated heterocycles. The van der Waals surface area contributed by atoms with Crippen molar-refractivity contribution < 1.29 is 38.6 Å². The molecule has 0 radical (unpaired) electrons. The summed E-state index contributed by atoms with van der Waals surface area (Å²) < 4.78 is 5.28. The standard InChI is InChI=1S/C29H47N5O8/c1-15(2)12-21(30-8)26(38)31-24(18(6)42-19(7)35)28(40)32(9)25(16(3)4)29(41)33-14-20(36)13-22(33)27(39)34-17(5)10-11-23(34)37/h10-11,15-18,20-22,24-25,30,36H,12-14H2,1-9H3,(H,31,38)/t17-,18?,20-,21?,22-,24?,25?/m0/s1. The summed E-state index contributed by atoms with van der Waals surface area (Å²) >= 11 is 0. The summed E-state index contributed by atoms with van der Waals surface area (Å²) in [4.78, 5) is 82.0. The van der Waals surface area contributed by atoms with E-state index in [0.717, 1.165) is 4.90 Å². The summed E-state index contributed by atoms with van der Waals surface area (Å²) in [5, 5.41) is 16.1. The van der Waals surface area contributed by atoms with Gasteiger partial charge in [0.25, 0.3) is 11.8 Å². The van der Waals surface area contributed by atoms with Crippen molar-refractivity contribution in [1.82, 2.24) is 25.3 Å². The Balaban J connectivity index is 2.37. The van der Waals surface area contributed by atoms with Crippen LogP contribution < -0.4 is 10.6 Å². The molecule has 0 aromatic carbocycles. The van der Waals surface area contributed by atoms with E-state index in [2.05, 4.69) is 10.6 Å². The number of carbonyl (C=O) groups is 6. The van der Waals surface area contributed by atoms with Crippen LogP contribution in [0.25, 0.3) is 0 Å². The molecule has 0 aromatic rings. The van der Waals surface area contributed by atoms with Crippen LogP contribution in [-0.2, 0) is 33.5 Å². The summed E-state index contributed by atoms with van der Waals surface area (Å²) in [6.07, 6.45) is 1.27. The second-order valence-electron chi connectivity index (χ2n) is 12.0. The van der Waals surface area contributed by atoms with Crippen LogP contribution in [0.1, 0.15) is 61.3 Å². The molecule has 0 aliphatic carbocycles. The number of likely N-dealkylation sites (tertiary alicyclic amines) is 1. The highest BCUT2D eigenvalue weighted by Gasteiger charge is 2.47. The predicted octanol–water partition coefficient (Wildman–Crippen LogP) is -0.185. The lowest BCUT2D eigenvalue weighted by Crippen LogP contribution is -2.62. The summed E-state index contributed by atoms with van der Waals surface area (Å²) in [5.41, 5.74) is 0. The maximum Gasteiger partial charge on any atom is 0.302 e. The quantitative estimate of drug-likeness (QED) is 0.205. The van der Waals surface area contributed by atoms with E-state index in [0.29, 0.717) is 6.42 Å². The molecule has 42 heavy (non-hydrogen) atoms. The highest BCUT2D eigenvalue weighted by atomic mass is 16.5. The van der Waals surface area contributed by atoms with Crippen LogP contribution in [0.2, 0.25) is 0 Å². The van der Waals surface area contributed by atoms with Gasteiger partial charge in [-0.25, -0.2) is 0 Å². The highest BCUT2D eigenvalue weighted by Crippen LogP contribution is 2.26. The van der Waals surface area contributed by atoms with Crippen molar-refractivity contribution in [1.29, 1.82) is 0 Å². The minimum atomic E-state index is -1.31. The van der Waals surface area contributed by atoms with Crippen molar-refractivity contribution in [2.75, 3.05) is 20.6 Å². The number of hydrogen-bond donors (Lipinski definition) is 3. The SMILES string of the molecule is CNC(CC(C)C)C(=O)NC(C(=O)N(C)C(C(=O)N1C[C@@H](O)C[C@H]1C(=O)N1C(=O)C=C[C@@H]1C)C(C)C)C(C)OC(C)=O. The third kappa shape index (κ3) is 8.15. The molecule has 0 bridgehead atoms. The lowest BCUT2D eigenvalue weighted by Gasteiger charge is -2.38.